The minimum absolute atomic E-state index is 0.121. The summed E-state index contributed by atoms with van der Waals surface area (Å²) in [5, 5.41) is 6.96. The summed E-state index contributed by atoms with van der Waals surface area (Å²) in [6.07, 6.45) is 4.78. The molecule has 1 atom stereocenters. The normalized spacial score (nSPS) is 12.1. The molecule has 20 heavy (non-hydrogen) atoms. The first kappa shape index (κ1) is 14.2. The van der Waals surface area contributed by atoms with Crippen molar-refractivity contribution in [3.05, 3.63) is 42.4 Å². The lowest BCUT2D eigenvalue weighted by Crippen LogP contribution is -2.34. The van der Waals surface area contributed by atoms with Crippen LogP contribution in [0, 0.1) is 0 Å². The fourth-order valence-electron chi connectivity index (χ4n) is 1.76. The number of hydrogen-bond acceptors (Lipinski definition) is 4. The summed E-state index contributed by atoms with van der Waals surface area (Å²) in [7, 11) is 0. The quantitative estimate of drug-likeness (QED) is 0.862. The molecule has 0 spiro atoms. The molecule has 0 fully saturated rings. The van der Waals surface area contributed by atoms with Gasteiger partial charge in [0.15, 0.2) is 5.82 Å². The second-order valence-electron chi connectivity index (χ2n) is 4.29. The summed E-state index contributed by atoms with van der Waals surface area (Å²) in [6, 6.07) is 5.58. The monoisotopic (exact) mass is 274 g/mol. The molecule has 0 saturated carbocycles. The predicted molar refractivity (Wildman–Crippen MR) is 74.3 cm³/mol. The second kappa shape index (κ2) is 6.81. The summed E-state index contributed by atoms with van der Waals surface area (Å²) in [4.78, 5) is 16.0. The van der Waals surface area contributed by atoms with Crippen LogP contribution in [0.4, 0.5) is 0 Å². The number of rotatable bonds is 6. The third-order valence-corrected chi connectivity index (χ3v) is 2.80. The number of carbonyl (C=O) groups is 1. The van der Waals surface area contributed by atoms with Crippen LogP contribution in [0.2, 0.25) is 0 Å². The highest BCUT2D eigenvalue weighted by Gasteiger charge is 2.11. The summed E-state index contributed by atoms with van der Waals surface area (Å²) in [5.74, 6) is 0.601. The van der Waals surface area contributed by atoms with Crippen LogP contribution < -0.4 is 5.32 Å². The zero-order valence-electron chi connectivity index (χ0n) is 11.6. The smallest absolute Gasteiger partial charge is 0.249 e. The van der Waals surface area contributed by atoms with Gasteiger partial charge in [-0.1, -0.05) is 0 Å². The van der Waals surface area contributed by atoms with Crippen LogP contribution >= 0.6 is 0 Å². The van der Waals surface area contributed by atoms with Crippen molar-refractivity contribution in [2.75, 3.05) is 6.61 Å². The Morgan fingerprint density at radius 3 is 3.05 bits per heavy atom. The SMILES string of the molecule is CCO[C@@H](C)C(=O)NCc1ccnc(-n2cccn2)c1. The van der Waals surface area contributed by atoms with Gasteiger partial charge in [0.1, 0.15) is 6.10 Å². The van der Waals surface area contributed by atoms with Crippen molar-refractivity contribution in [3.8, 4) is 5.82 Å². The van der Waals surface area contributed by atoms with E-state index < -0.39 is 6.10 Å². The minimum Gasteiger partial charge on any atom is -0.369 e. The molecule has 0 radical (unpaired) electrons. The highest BCUT2D eigenvalue weighted by atomic mass is 16.5. The molecule has 1 N–H and O–H groups in total. The number of aromatic nitrogens is 3. The molecule has 6 nitrogen and oxygen atoms in total. The van der Waals surface area contributed by atoms with Crippen LogP contribution in [0.3, 0.4) is 0 Å². The lowest BCUT2D eigenvalue weighted by molar-refractivity contribution is -0.131. The fourth-order valence-corrected chi connectivity index (χ4v) is 1.76. The molecule has 1 amide bonds. The number of nitrogens with zero attached hydrogens (tertiary/aromatic N) is 3. The Morgan fingerprint density at radius 1 is 1.50 bits per heavy atom. The van der Waals surface area contributed by atoms with Crippen LogP contribution in [0.5, 0.6) is 0 Å². The van der Waals surface area contributed by atoms with E-state index >= 15 is 0 Å². The van der Waals surface area contributed by atoms with Gasteiger partial charge in [0.2, 0.25) is 5.91 Å². The fraction of sp³-hybridized carbons (Fsp3) is 0.357. The van der Waals surface area contributed by atoms with E-state index in [0.717, 1.165) is 11.4 Å². The maximum atomic E-state index is 11.8. The van der Waals surface area contributed by atoms with E-state index in [1.807, 2.05) is 31.3 Å². The Labute approximate surface area is 117 Å². The summed E-state index contributed by atoms with van der Waals surface area (Å²) in [6.45, 7) is 4.56. The van der Waals surface area contributed by atoms with Crippen LogP contribution in [-0.4, -0.2) is 33.4 Å². The highest BCUT2D eigenvalue weighted by molar-refractivity contribution is 5.80. The Balaban J connectivity index is 1.97. The van der Waals surface area contributed by atoms with Crippen molar-refractivity contribution in [1.29, 1.82) is 0 Å². The molecule has 0 saturated heterocycles. The average molecular weight is 274 g/mol. The van der Waals surface area contributed by atoms with Gasteiger partial charge in [-0.15, -0.1) is 0 Å². The molecular weight excluding hydrogens is 256 g/mol. The topological polar surface area (TPSA) is 69.0 Å². The maximum absolute atomic E-state index is 11.8. The molecule has 2 heterocycles. The summed E-state index contributed by atoms with van der Waals surface area (Å²) >= 11 is 0. The van der Waals surface area contributed by atoms with Crippen molar-refractivity contribution >= 4 is 5.91 Å². The summed E-state index contributed by atoms with van der Waals surface area (Å²) < 4.78 is 6.91. The second-order valence-corrected chi connectivity index (χ2v) is 4.29. The third kappa shape index (κ3) is 3.64. The first-order valence-corrected chi connectivity index (χ1v) is 6.55. The van der Waals surface area contributed by atoms with Gasteiger partial charge in [0, 0.05) is 31.7 Å². The molecule has 0 aliphatic heterocycles. The molecule has 0 aliphatic carbocycles. The Bertz CT molecular complexity index is 554. The Kier molecular flexibility index (Phi) is 4.84. The molecule has 106 valence electrons. The predicted octanol–water partition coefficient (Wildman–Crippen LogP) is 1.31. The lowest BCUT2D eigenvalue weighted by Gasteiger charge is -2.12. The van der Waals surface area contributed by atoms with E-state index in [0.29, 0.717) is 13.2 Å². The highest BCUT2D eigenvalue weighted by Crippen LogP contribution is 2.06. The standard InChI is InChI=1S/C14H18N4O2/c1-3-20-11(2)14(19)16-10-12-5-7-15-13(9-12)18-8-4-6-17-18/h4-9,11H,3,10H2,1-2H3,(H,16,19)/t11-/m0/s1. The van der Waals surface area contributed by atoms with Gasteiger partial charge in [0.25, 0.3) is 0 Å². The molecule has 2 aromatic rings. The van der Waals surface area contributed by atoms with Gasteiger partial charge in [0.05, 0.1) is 0 Å². The van der Waals surface area contributed by atoms with Crippen molar-refractivity contribution in [2.24, 2.45) is 0 Å². The molecule has 6 heteroatoms. The van der Waals surface area contributed by atoms with Gasteiger partial charge in [-0.2, -0.15) is 5.10 Å². The average Bonchev–Trinajstić information content (AvgIpc) is 2.99. The number of nitrogens with one attached hydrogen (secondary N) is 1. The van der Waals surface area contributed by atoms with Crippen molar-refractivity contribution < 1.29 is 9.53 Å². The molecule has 2 rings (SSSR count). The number of hydrogen-bond donors (Lipinski definition) is 1. The van der Waals surface area contributed by atoms with Crippen LogP contribution in [-0.2, 0) is 16.1 Å². The van der Waals surface area contributed by atoms with E-state index in [1.165, 1.54) is 0 Å². The van der Waals surface area contributed by atoms with E-state index in [9.17, 15) is 4.79 Å². The van der Waals surface area contributed by atoms with Crippen LogP contribution in [0.25, 0.3) is 5.82 Å². The molecule has 0 unspecified atom stereocenters. The van der Waals surface area contributed by atoms with Crippen LogP contribution in [0.1, 0.15) is 19.4 Å². The largest absolute Gasteiger partial charge is 0.369 e. The van der Waals surface area contributed by atoms with Crippen LogP contribution in [0.15, 0.2) is 36.8 Å². The molecular formula is C14H18N4O2. The zero-order valence-corrected chi connectivity index (χ0v) is 11.6. The molecule has 0 aliphatic rings. The first-order chi connectivity index (χ1) is 9.70. The number of amides is 1. The van der Waals surface area contributed by atoms with Crippen molar-refractivity contribution in [3.63, 3.8) is 0 Å². The number of ether oxygens (including phenoxy) is 1. The van der Waals surface area contributed by atoms with Gasteiger partial charge < -0.3 is 10.1 Å². The van der Waals surface area contributed by atoms with E-state index in [-0.39, 0.29) is 5.91 Å². The Hall–Kier alpha value is -2.21. The van der Waals surface area contributed by atoms with Gasteiger partial charge in [-0.25, -0.2) is 9.67 Å². The maximum Gasteiger partial charge on any atom is 0.249 e. The third-order valence-electron chi connectivity index (χ3n) is 2.80. The van der Waals surface area contributed by atoms with E-state index in [4.69, 9.17) is 4.74 Å². The summed E-state index contributed by atoms with van der Waals surface area (Å²) in [5.41, 5.74) is 0.961. The molecule has 0 aromatic carbocycles. The lowest BCUT2D eigenvalue weighted by atomic mass is 10.2. The molecule has 2 aromatic heterocycles. The Morgan fingerprint density at radius 2 is 2.35 bits per heavy atom. The number of pyridine rings is 1. The van der Waals surface area contributed by atoms with E-state index in [1.54, 1.807) is 24.0 Å². The minimum atomic E-state index is -0.438. The van der Waals surface area contributed by atoms with Gasteiger partial charge >= 0.3 is 0 Å². The first-order valence-electron chi connectivity index (χ1n) is 6.55. The zero-order chi connectivity index (χ0) is 14.4. The number of carbonyl (C=O) groups excluding carboxylic acids is 1. The van der Waals surface area contributed by atoms with Gasteiger partial charge in [-0.3, -0.25) is 4.79 Å². The van der Waals surface area contributed by atoms with Crippen molar-refractivity contribution in [2.45, 2.75) is 26.5 Å². The van der Waals surface area contributed by atoms with Gasteiger partial charge in [-0.05, 0) is 37.6 Å². The molecule has 0 bridgehead atoms. The van der Waals surface area contributed by atoms with Crippen molar-refractivity contribution in [1.82, 2.24) is 20.1 Å². The van der Waals surface area contributed by atoms with E-state index in [2.05, 4.69) is 15.4 Å².